The van der Waals surface area contributed by atoms with E-state index in [4.69, 9.17) is 0 Å². The normalized spacial score (nSPS) is 11.0. The van der Waals surface area contributed by atoms with E-state index in [2.05, 4.69) is 10.2 Å². The van der Waals surface area contributed by atoms with Gasteiger partial charge in [-0.25, -0.2) is 8.78 Å². The lowest BCUT2D eigenvalue weighted by atomic mass is 10.1. The van der Waals surface area contributed by atoms with Crippen LogP contribution >= 0.6 is 0 Å². The number of hydrogen-bond acceptors (Lipinski definition) is 1. The van der Waals surface area contributed by atoms with Gasteiger partial charge in [-0.3, -0.25) is 5.10 Å². The fourth-order valence-corrected chi connectivity index (χ4v) is 1.36. The zero-order valence-corrected chi connectivity index (χ0v) is 7.06. The van der Waals surface area contributed by atoms with Crippen LogP contribution in [0.2, 0.25) is 0 Å². The average Bonchev–Trinajstić information content (AvgIpc) is 2.55. The molecular formula is C9H8F2N2. The lowest BCUT2D eigenvalue weighted by Gasteiger charge is -1.95. The Balaban J connectivity index is 2.85. The van der Waals surface area contributed by atoms with E-state index < -0.39 is 11.6 Å². The number of halogens is 2. The van der Waals surface area contributed by atoms with Crippen molar-refractivity contribution in [2.75, 3.05) is 0 Å². The number of hydrogen-bond donors (Lipinski definition) is 1. The van der Waals surface area contributed by atoms with E-state index in [1.807, 2.05) is 6.92 Å². The molecule has 0 saturated heterocycles. The highest BCUT2D eigenvalue weighted by molar-refractivity contribution is 5.82. The number of nitrogens with one attached hydrogen (secondary N) is 1. The summed E-state index contributed by atoms with van der Waals surface area (Å²) in [6, 6.07) is 2.54. The van der Waals surface area contributed by atoms with Gasteiger partial charge in [0.05, 0.1) is 10.9 Å². The molecule has 0 bridgehead atoms. The van der Waals surface area contributed by atoms with Crippen LogP contribution in [0.15, 0.2) is 12.1 Å². The molecule has 0 amide bonds. The molecule has 1 aromatic carbocycles. The number of nitrogens with zero attached hydrogens (tertiary/aromatic N) is 1. The molecule has 68 valence electrons. The Morgan fingerprint density at radius 3 is 2.85 bits per heavy atom. The Labute approximate surface area is 73.6 Å². The van der Waals surface area contributed by atoms with Gasteiger partial charge in [0.2, 0.25) is 0 Å². The molecule has 0 spiro atoms. The summed E-state index contributed by atoms with van der Waals surface area (Å²) >= 11 is 0. The van der Waals surface area contributed by atoms with Crippen LogP contribution in [0.25, 0.3) is 10.9 Å². The topological polar surface area (TPSA) is 28.7 Å². The van der Waals surface area contributed by atoms with Crippen LogP contribution in [-0.2, 0) is 6.42 Å². The zero-order valence-electron chi connectivity index (χ0n) is 7.06. The Hall–Kier alpha value is -1.45. The molecule has 2 nitrogen and oxygen atoms in total. The van der Waals surface area contributed by atoms with E-state index in [1.54, 1.807) is 0 Å². The summed E-state index contributed by atoms with van der Waals surface area (Å²) in [5.41, 5.74) is 1.10. The maximum atomic E-state index is 13.2. The summed E-state index contributed by atoms with van der Waals surface area (Å²) in [6.45, 7) is 1.86. The molecule has 1 aromatic heterocycles. The molecule has 0 radical (unpaired) electrons. The van der Waals surface area contributed by atoms with Crippen molar-refractivity contribution in [3.63, 3.8) is 0 Å². The third-order valence-electron chi connectivity index (χ3n) is 2.04. The monoisotopic (exact) mass is 182 g/mol. The Kier molecular flexibility index (Phi) is 1.76. The van der Waals surface area contributed by atoms with E-state index in [0.717, 1.165) is 6.07 Å². The van der Waals surface area contributed by atoms with Gasteiger partial charge in [0, 0.05) is 5.69 Å². The summed E-state index contributed by atoms with van der Waals surface area (Å²) in [6.07, 6.45) is 0.608. The lowest BCUT2D eigenvalue weighted by molar-refractivity contribution is 0.516. The molecule has 0 aliphatic heterocycles. The van der Waals surface area contributed by atoms with E-state index in [0.29, 0.717) is 17.6 Å². The van der Waals surface area contributed by atoms with Crippen molar-refractivity contribution < 1.29 is 8.78 Å². The first-order valence-corrected chi connectivity index (χ1v) is 4.05. The first kappa shape index (κ1) is 8.16. The highest BCUT2D eigenvalue weighted by Crippen LogP contribution is 2.21. The van der Waals surface area contributed by atoms with Crippen molar-refractivity contribution in [1.29, 1.82) is 0 Å². The van der Waals surface area contributed by atoms with Crippen LogP contribution in [0.5, 0.6) is 0 Å². The van der Waals surface area contributed by atoms with Crippen LogP contribution in [-0.4, -0.2) is 10.2 Å². The van der Waals surface area contributed by atoms with E-state index >= 15 is 0 Å². The Morgan fingerprint density at radius 1 is 1.38 bits per heavy atom. The number of fused-ring (bicyclic) bond motifs is 1. The summed E-state index contributed by atoms with van der Waals surface area (Å²) in [7, 11) is 0. The molecule has 2 rings (SSSR count). The highest BCUT2D eigenvalue weighted by atomic mass is 19.2. The summed E-state index contributed by atoms with van der Waals surface area (Å²) < 4.78 is 26.1. The molecule has 13 heavy (non-hydrogen) atoms. The van der Waals surface area contributed by atoms with E-state index in [-0.39, 0.29) is 5.39 Å². The van der Waals surface area contributed by atoms with Gasteiger partial charge in [0.15, 0.2) is 11.6 Å². The number of aromatic nitrogens is 2. The average molecular weight is 182 g/mol. The molecule has 0 fully saturated rings. The fourth-order valence-electron chi connectivity index (χ4n) is 1.36. The molecule has 4 heteroatoms. The summed E-state index contributed by atoms with van der Waals surface area (Å²) in [4.78, 5) is 0. The van der Waals surface area contributed by atoms with E-state index in [1.165, 1.54) is 6.07 Å². The predicted octanol–water partition coefficient (Wildman–Crippen LogP) is 2.40. The smallest absolute Gasteiger partial charge is 0.170 e. The van der Waals surface area contributed by atoms with Crippen molar-refractivity contribution in [2.24, 2.45) is 0 Å². The van der Waals surface area contributed by atoms with Gasteiger partial charge < -0.3 is 0 Å². The SMILES string of the molecule is CCc1[nH]nc2ccc(F)c(F)c12. The number of benzene rings is 1. The molecule has 1 heterocycles. The largest absolute Gasteiger partial charge is 0.281 e. The van der Waals surface area contributed by atoms with Gasteiger partial charge in [-0.2, -0.15) is 5.10 Å². The van der Waals surface area contributed by atoms with Crippen LogP contribution in [0, 0.1) is 11.6 Å². The molecule has 2 aromatic rings. The van der Waals surface area contributed by atoms with Crippen molar-refractivity contribution in [3.05, 3.63) is 29.5 Å². The molecule has 0 saturated carbocycles. The van der Waals surface area contributed by atoms with Crippen LogP contribution in [0.3, 0.4) is 0 Å². The standard InChI is InChI=1S/C9H8F2N2/c1-2-6-8-7(13-12-6)4-3-5(10)9(8)11/h3-4H,2H2,1H3,(H,12,13). The minimum Gasteiger partial charge on any atom is -0.281 e. The summed E-state index contributed by atoms with van der Waals surface area (Å²) in [5.74, 6) is -1.65. The number of aromatic amines is 1. The van der Waals surface area contributed by atoms with Crippen LogP contribution < -0.4 is 0 Å². The van der Waals surface area contributed by atoms with Gasteiger partial charge in [-0.05, 0) is 18.6 Å². The third-order valence-corrected chi connectivity index (χ3v) is 2.04. The number of H-pyrrole nitrogens is 1. The first-order valence-electron chi connectivity index (χ1n) is 4.05. The maximum absolute atomic E-state index is 13.2. The van der Waals surface area contributed by atoms with Crippen molar-refractivity contribution >= 4 is 10.9 Å². The van der Waals surface area contributed by atoms with Gasteiger partial charge in [0.25, 0.3) is 0 Å². The zero-order chi connectivity index (χ0) is 9.42. The van der Waals surface area contributed by atoms with Gasteiger partial charge in [0.1, 0.15) is 0 Å². The van der Waals surface area contributed by atoms with Crippen molar-refractivity contribution in [1.82, 2.24) is 10.2 Å². The molecule has 0 unspecified atom stereocenters. The molecule has 0 aliphatic carbocycles. The molecule has 1 N–H and O–H groups in total. The van der Waals surface area contributed by atoms with Gasteiger partial charge in [-0.1, -0.05) is 6.92 Å². The first-order chi connectivity index (χ1) is 6.24. The quantitative estimate of drug-likeness (QED) is 0.720. The lowest BCUT2D eigenvalue weighted by Crippen LogP contribution is -1.87. The summed E-state index contributed by atoms with van der Waals surface area (Å²) in [5, 5.41) is 6.80. The van der Waals surface area contributed by atoms with Crippen molar-refractivity contribution in [3.8, 4) is 0 Å². The second kappa shape index (κ2) is 2.80. The minimum absolute atomic E-state index is 0.266. The minimum atomic E-state index is -0.830. The van der Waals surface area contributed by atoms with Crippen LogP contribution in [0.1, 0.15) is 12.6 Å². The van der Waals surface area contributed by atoms with Crippen LogP contribution in [0.4, 0.5) is 8.78 Å². The molecule has 0 aliphatic rings. The number of rotatable bonds is 1. The highest BCUT2D eigenvalue weighted by Gasteiger charge is 2.12. The second-order valence-electron chi connectivity index (χ2n) is 2.81. The van der Waals surface area contributed by atoms with Gasteiger partial charge >= 0.3 is 0 Å². The Morgan fingerprint density at radius 2 is 2.15 bits per heavy atom. The molecule has 0 atom stereocenters. The predicted molar refractivity (Wildman–Crippen MR) is 45.4 cm³/mol. The maximum Gasteiger partial charge on any atom is 0.170 e. The van der Waals surface area contributed by atoms with Gasteiger partial charge in [-0.15, -0.1) is 0 Å². The third kappa shape index (κ3) is 1.09. The Bertz CT molecular complexity index is 448. The fraction of sp³-hybridized carbons (Fsp3) is 0.222. The number of aryl methyl sites for hydroxylation is 1. The molecular weight excluding hydrogens is 174 g/mol. The second-order valence-corrected chi connectivity index (χ2v) is 2.81. The van der Waals surface area contributed by atoms with E-state index in [9.17, 15) is 8.78 Å². The van der Waals surface area contributed by atoms with Crippen molar-refractivity contribution in [2.45, 2.75) is 13.3 Å².